The van der Waals surface area contributed by atoms with E-state index in [1.165, 1.54) is 0 Å². The molecule has 0 fully saturated rings. The summed E-state index contributed by atoms with van der Waals surface area (Å²) in [6.07, 6.45) is -11.4. The molecule has 0 spiro atoms. The van der Waals surface area contributed by atoms with Gasteiger partial charge in [-0.15, -0.1) is 0 Å². The van der Waals surface area contributed by atoms with Gasteiger partial charge in [0.2, 0.25) is 5.91 Å². The summed E-state index contributed by atoms with van der Waals surface area (Å²) in [5.74, 6) is -0.618. The van der Waals surface area contributed by atoms with Gasteiger partial charge in [0.15, 0.2) is 0 Å². The molecule has 1 heterocycles. The van der Waals surface area contributed by atoms with Gasteiger partial charge in [-0.2, -0.15) is 26.3 Å². The van der Waals surface area contributed by atoms with Crippen LogP contribution in [0.25, 0.3) is 10.9 Å². The SMILES string of the molecule is CC(=O)Nc1ccc(C(F)(C(F)(F)F)C(F)(F)F)c2cccnc12. The van der Waals surface area contributed by atoms with E-state index in [0.29, 0.717) is 6.07 Å². The Balaban J connectivity index is 2.84. The minimum Gasteiger partial charge on any atom is -0.324 e. The number of carbonyl (C=O) groups excluding carboxylic acids is 1. The number of alkyl halides is 7. The molecule has 1 amide bonds. The van der Waals surface area contributed by atoms with Crippen LogP contribution in [0.5, 0.6) is 0 Å². The number of fused-ring (bicyclic) bond motifs is 1. The van der Waals surface area contributed by atoms with Crippen LogP contribution in [0.2, 0.25) is 0 Å². The molecule has 0 bridgehead atoms. The van der Waals surface area contributed by atoms with Crippen molar-refractivity contribution in [3.63, 3.8) is 0 Å². The molecule has 0 radical (unpaired) electrons. The van der Waals surface area contributed by atoms with Crippen molar-refractivity contribution in [3.8, 4) is 0 Å². The zero-order valence-corrected chi connectivity index (χ0v) is 11.9. The molecule has 10 heteroatoms. The standard InChI is InChI=1S/C14H9F7N2O/c1-7(24)23-10-5-4-9(8-3-2-6-22-11(8)10)12(15,13(16,17)18)14(19,20)21/h2-6H,1H3,(H,23,24). The summed E-state index contributed by atoms with van der Waals surface area (Å²) in [6.45, 7) is 1.09. The molecule has 1 aromatic carbocycles. The molecule has 3 nitrogen and oxygen atoms in total. The number of carbonyl (C=O) groups is 1. The number of pyridine rings is 1. The molecule has 0 saturated carbocycles. The lowest BCUT2D eigenvalue weighted by molar-refractivity contribution is -0.348. The number of halogens is 7. The molecule has 0 unspecified atom stereocenters. The van der Waals surface area contributed by atoms with E-state index in [-0.39, 0.29) is 11.2 Å². The summed E-state index contributed by atoms with van der Waals surface area (Å²) in [7, 11) is 0. The second-order valence-corrected chi connectivity index (χ2v) is 4.90. The molecule has 0 saturated heterocycles. The van der Waals surface area contributed by atoms with Crippen LogP contribution in [0.1, 0.15) is 12.5 Å². The van der Waals surface area contributed by atoms with Crippen molar-refractivity contribution in [2.24, 2.45) is 0 Å². The van der Waals surface area contributed by atoms with Gasteiger partial charge < -0.3 is 5.32 Å². The predicted molar refractivity (Wildman–Crippen MR) is 70.9 cm³/mol. The lowest BCUT2D eigenvalue weighted by Gasteiger charge is -2.31. The molecule has 2 aromatic rings. The van der Waals surface area contributed by atoms with Crippen LogP contribution in [0.15, 0.2) is 30.5 Å². The van der Waals surface area contributed by atoms with Crippen LogP contribution in [-0.4, -0.2) is 23.2 Å². The van der Waals surface area contributed by atoms with Crippen LogP contribution in [0, 0.1) is 0 Å². The van der Waals surface area contributed by atoms with Gasteiger partial charge in [0.25, 0.3) is 0 Å². The van der Waals surface area contributed by atoms with Gasteiger partial charge in [0, 0.05) is 24.1 Å². The Morgan fingerprint density at radius 1 is 1.00 bits per heavy atom. The van der Waals surface area contributed by atoms with E-state index in [4.69, 9.17) is 0 Å². The third-order valence-electron chi connectivity index (χ3n) is 3.23. The Bertz CT molecular complexity index is 769. The van der Waals surface area contributed by atoms with Gasteiger partial charge in [-0.05, 0) is 12.1 Å². The summed E-state index contributed by atoms with van der Waals surface area (Å²) < 4.78 is 91.9. The fourth-order valence-electron chi connectivity index (χ4n) is 2.23. The summed E-state index contributed by atoms with van der Waals surface area (Å²) >= 11 is 0. The highest BCUT2D eigenvalue weighted by Crippen LogP contribution is 2.54. The van der Waals surface area contributed by atoms with Crippen molar-refractivity contribution in [1.82, 2.24) is 4.98 Å². The molecule has 0 aliphatic carbocycles. The highest BCUT2D eigenvalue weighted by atomic mass is 19.4. The highest BCUT2D eigenvalue weighted by molar-refractivity contribution is 6.00. The molecule has 130 valence electrons. The maximum absolute atomic E-state index is 14.3. The first-order valence-electron chi connectivity index (χ1n) is 6.37. The van der Waals surface area contributed by atoms with Gasteiger partial charge in [-0.1, -0.05) is 12.1 Å². The van der Waals surface area contributed by atoms with E-state index < -0.39 is 34.9 Å². The fourth-order valence-corrected chi connectivity index (χ4v) is 2.23. The van der Waals surface area contributed by atoms with E-state index in [2.05, 4.69) is 10.3 Å². The minimum absolute atomic E-state index is 0.131. The minimum atomic E-state index is -6.23. The summed E-state index contributed by atoms with van der Waals surface area (Å²) in [5.41, 5.74) is -7.73. The van der Waals surface area contributed by atoms with Gasteiger partial charge in [-0.3, -0.25) is 9.78 Å². The average Bonchev–Trinajstić information content (AvgIpc) is 2.44. The molecule has 0 aliphatic heterocycles. The lowest BCUT2D eigenvalue weighted by Crippen LogP contribution is -2.50. The van der Waals surface area contributed by atoms with E-state index in [1.54, 1.807) is 0 Å². The highest BCUT2D eigenvalue weighted by Gasteiger charge is 2.73. The Hall–Kier alpha value is -2.39. The number of rotatable bonds is 2. The molecule has 1 N–H and O–H groups in total. The normalized spacial score (nSPS) is 13.2. The number of nitrogens with one attached hydrogen (secondary N) is 1. The summed E-state index contributed by atoms with van der Waals surface area (Å²) in [6, 6.07) is 3.03. The maximum Gasteiger partial charge on any atom is 0.435 e. The van der Waals surface area contributed by atoms with Crippen molar-refractivity contribution in [3.05, 3.63) is 36.0 Å². The average molecular weight is 354 g/mol. The summed E-state index contributed by atoms with van der Waals surface area (Å²) in [4.78, 5) is 14.7. The van der Waals surface area contributed by atoms with Gasteiger partial charge in [-0.25, -0.2) is 4.39 Å². The van der Waals surface area contributed by atoms with Crippen molar-refractivity contribution in [1.29, 1.82) is 0 Å². The first kappa shape index (κ1) is 18.0. The number of nitrogens with zero attached hydrogens (tertiary/aromatic N) is 1. The van der Waals surface area contributed by atoms with E-state index in [9.17, 15) is 35.5 Å². The molecule has 24 heavy (non-hydrogen) atoms. The van der Waals surface area contributed by atoms with Crippen LogP contribution >= 0.6 is 0 Å². The number of aromatic nitrogens is 1. The molecular weight excluding hydrogens is 345 g/mol. The van der Waals surface area contributed by atoms with Crippen molar-refractivity contribution in [2.75, 3.05) is 5.32 Å². The summed E-state index contributed by atoms with van der Waals surface area (Å²) in [5, 5.41) is 1.51. The molecule has 1 aromatic heterocycles. The van der Waals surface area contributed by atoms with Gasteiger partial charge in [0.05, 0.1) is 11.2 Å². The van der Waals surface area contributed by atoms with E-state index in [0.717, 1.165) is 31.3 Å². The first-order chi connectivity index (χ1) is 10.9. The van der Waals surface area contributed by atoms with Crippen LogP contribution in [0.4, 0.5) is 36.4 Å². The Morgan fingerprint density at radius 2 is 1.58 bits per heavy atom. The number of hydrogen-bond acceptors (Lipinski definition) is 2. The zero-order chi connectivity index (χ0) is 18.3. The second kappa shape index (κ2) is 5.60. The van der Waals surface area contributed by atoms with Gasteiger partial charge in [0.1, 0.15) is 0 Å². The van der Waals surface area contributed by atoms with E-state index in [1.807, 2.05) is 0 Å². The maximum atomic E-state index is 14.3. The number of benzene rings is 1. The predicted octanol–water partition coefficient (Wildman–Crippen LogP) is 4.48. The van der Waals surface area contributed by atoms with Crippen molar-refractivity contribution >= 4 is 22.5 Å². The molecule has 0 atom stereocenters. The number of amides is 1. The number of anilines is 1. The fraction of sp³-hybridized carbons (Fsp3) is 0.286. The third-order valence-corrected chi connectivity index (χ3v) is 3.23. The van der Waals surface area contributed by atoms with Crippen molar-refractivity contribution in [2.45, 2.75) is 24.9 Å². The smallest absolute Gasteiger partial charge is 0.324 e. The molecular formula is C14H9F7N2O. The van der Waals surface area contributed by atoms with E-state index >= 15 is 0 Å². The van der Waals surface area contributed by atoms with Crippen molar-refractivity contribution < 1.29 is 35.5 Å². The van der Waals surface area contributed by atoms with Gasteiger partial charge >= 0.3 is 18.0 Å². The first-order valence-corrected chi connectivity index (χ1v) is 6.37. The third kappa shape index (κ3) is 2.76. The van der Waals surface area contributed by atoms with Crippen LogP contribution < -0.4 is 5.32 Å². The largest absolute Gasteiger partial charge is 0.435 e. The second-order valence-electron chi connectivity index (χ2n) is 4.90. The Kier molecular flexibility index (Phi) is 4.19. The zero-order valence-electron chi connectivity index (χ0n) is 11.9. The topological polar surface area (TPSA) is 42.0 Å². The number of hydrogen-bond donors (Lipinski definition) is 1. The lowest BCUT2D eigenvalue weighted by atomic mass is 9.90. The Morgan fingerprint density at radius 3 is 2.08 bits per heavy atom. The quantitative estimate of drug-likeness (QED) is 0.808. The van der Waals surface area contributed by atoms with Crippen LogP contribution in [-0.2, 0) is 10.5 Å². The molecule has 0 aliphatic rings. The monoisotopic (exact) mass is 354 g/mol. The molecule has 2 rings (SSSR count). The van der Waals surface area contributed by atoms with Crippen LogP contribution in [0.3, 0.4) is 0 Å². The Labute approximate surface area is 130 Å².